The zero-order valence-electron chi connectivity index (χ0n) is 18.1. The van der Waals surface area contributed by atoms with E-state index in [1.807, 2.05) is 95.3 Å². The van der Waals surface area contributed by atoms with Gasteiger partial charge in [0.25, 0.3) is 5.91 Å². The van der Waals surface area contributed by atoms with E-state index in [4.69, 9.17) is 4.74 Å². The number of pyridine rings is 1. The quantitative estimate of drug-likeness (QED) is 0.415. The van der Waals surface area contributed by atoms with Gasteiger partial charge in [0.05, 0.1) is 5.69 Å². The van der Waals surface area contributed by atoms with Gasteiger partial charge in [-0.05, 0) is 35.9 Å². The van der Waals surface area contributed by atoms with Crippen LogP contribution >= 0.6 is 0 Å². The van der Waals surface area contributed by atoms with Gasteiger partial charge in [-0.15, -0.1) is 0 Å². The Kier molecular flexibility index (Phi) is 5.59. The Morgan fingerprint density at radius 1 is 1.03 bits per heavy atom. The second-order valence-electron chi connectivity index (χ2n) is 7.73. The van der Waals surface area contributed by atoms with Crippen molar-refractivity contribution >= 4 is 11.6 Å². The molecule has 0 aliphatic rings. The van der Waals surface area contributed by atoms with E-state index >= 15 is 0 Å². The first kappa shape index (κ1) is 20.5. The van der Waals surface area contributed by atoms with Gasteiger partial charge in [-0.2, -0.15) is 0 Å². The maximum absolute atomic E-state index is 13.2. The molecular weight excluding hydrogens is 414 g/mol. The van der Waals surface area contributed by atoms with Crippen molar-refractivity contribution < 1.29 is 9.53 Å². The highest BCUT2D eigenvalue weighted by Gasteiger charge is 2.21. The summed E-state index contributed by atoms with van der Waals surface area (Å²) in [5, 5.41) is 3.12. The number of fused-ring (bicyclic) bond motifs is 1. The number of hydrogen-bond acceptors (Lipinski definition) is 4. The number of nitrogens with zero attached hydrogens (tertiary/aromatic N) is 4. The van der Waals surface area contributed by atoms with Gasteiger partial charge in [0.2, 0.25) is 0 Å². The van der Waals surface area contributed by atoms with Crippen molar-refractivity contribution in [2.45, 2.75) is 12.6 Å². The summed E-state index contributed by atoms with van der Waals surface area (Å²) in [5.74, 6) is 1.16. The number of benzene rings is 2. The van der Waals surface area contributed by atoms with Gasteiger partial charge in [0.1, 0.15) is 29.9 Å². The fourth-order valence-electron chi connectivity index (χ4n) is 3.75. The predicted octanol–water partition coefficient (Wildman–Crippen LogP) is 4.17. The van der Waals surface area contributed by atoms with Crippen molar-refractivity contribution in [3.63, 3.8) is 0 Å². The molecule has 3 heterocycles. The standard InChI is InChI=1S/C26H23N5O2/c1-30-15-13-27-25(30)24(19-8-3-2-4-9-19)29-26(32)20-10-7-11-22(16-20)33-18-21-17-31-14-6-5-12-23(31)28-21/h2-17,24H,18H2,1H3,(H,29,32)/t24-/m1/s1. The normalized spacial score (nSPS) is 11.9. The maximum Gasteiger partial charge on any atom is 0.252 e. The number of rotatable bonds is 7. The lowest BCUT2D eigenvalue weighted by atomic mass is 10.1. The maximum atomic E-state index is 13.2. The molecule has 1 amide bonds. The van der Waals surface area contributed by atoms with E-state index < -0.39 is 0 Å². The van der Waals surface area contributed by atoms with Gasteiger partial charge in [0.15, 0.2) is 0 Å². The zero-order chi connectivity index (χ0) is 22.6. The molecule has 0 aliphatic carbocycles. The van der Waals surface area contributed by atoms with Crippen LogP contribution < -0.4 is 10.1 Å². The number of nitrogens with one attached hydrogen (secondary N) is 1. The molecule has 2 aromatic carbocycles. The molecule has 1 atom stereocenters. The first-order valence-corrected chi connectivity index (χ1v) is 10.7. The van der Waals surface area contributed by atoms with Crippen molar-refractivity contribution in [2.75, 3.05) is 0 Å². The van der Waals surface area contributed by atoms with E-state index in [2.05, 4.69) is 15.3 Å². The third kappa shape index (κ3) is 4.48. The molecule has 5 rings (SSSR count). The summed E-state index contributed by atoms with van der Waals surface area (Å²) in [6.07, 6.45) is 7.47. The van der Waals surface area contributed by atoms with Crippen LogP contribution in [0.25, 0.3) is 5.65 Å². The average Bonchev–Trinajstić information content (AvgIpc) is 3.47. The highest BCUT2D eigenvalue weighted by Crippen LogP contribution is 2.22. The number of aromatic nitrogens is 4. The van der Waals surface area contributed by atoms with Crippen LogP contribution in [0, 0.1) is 0 Å². The van der Waals surface area contributed by atoms with Crippen LogP contribution in [-0.2, 0) is 13.7 Å². The molecule has 0 unspecified atom stereocenters. The molecule has 5 aromatic rings. The molecule has 164 valence electrons. The highest BCUT2D eigenvalue weighted by molar-refractivity contribution is 5.95. The van der Waals surface area contributed by atoms with Gasteiger partial charge >= 0.3 is 0 Å². The molecule has 0 radical (unpaired) electrons. The molecule has 0 aliphatic heterocycles. The second-order valence-corrected chi connectivity index (χ2v) is 7.73. The molecule has 0 bridgehead atoms. The second kappa shape index (κ2) is 9.00. The van der Waals surface area contributed by atoms with E-state index in [-0.39, 0.29) is 11.9 Å². The lowest BCUT2D eigenvalue weighted by Crippen LogP contribution is -2.31. The van der Waals surface area contributed by atoms with Crippen molar-refractivity contribution in [1.82, 2.24) is 24.3 Å². The van der Waals surface area contributed by atoms with Crippen LogP contribution in [0.2, 0.25) is 0 Å². The van der Waals surface area contributed by atoms with E-state index in [1.54, 1.807) is 18.3 Å². The van der Waals surface area contributed by atoms with Crippen molar-refractivity contribution in [2.24, 2.45) is 7.05 Å². The topological polar surface area (TPSA) is 73.5 Å². The molecule has 0 saturated carbocycles. The smallest absolute Gasteiger partial charge is 0.252 e. The summed E-state index contributed by atoms with van der Waals surface area (Å²) < 4.78 is 9.78. The number of amides is 1. The largest absolute Gasteiger partial charge is 0.487 e. The first-order chi connectivity index (χ1) is 16.2. The number of ether oxygens (including phenoxy) is 1. The number of aryl methyl sites for hydroxylation is 1. The van der Waals surface area contributed by atoms with Crippen LogP contribution in [0.3, 0.4) is 0 Å². The molecular formula is C26H23N5O2. The van der Waals surface area contributed by atoms with E-state index in [0.29, 0.717) is 17.9 Å². The van der Waals surface area contributed by atoms with Crippen LogP contribution in [0.5, 0.6) is 5.75 Å². The Hall–Kier alpha value is -4.39. The van der Waals surface area contributed by atoms with Gasteiger partial charge in [-0.1, -0.05) is 42.5 Å². The van der Waals surface area contributed by atoms with Crippen LogP contribution in [-0.4, -0.2) is 24.8 Å². The minimum atomic E-state index is -0.374. The SMILES string of the molecule is Cn1ccnc1[C@H](NC(=O)c1cccc(OCc2cn3ccccc3n2)c1)c1ccccc1. The lowest BCUT2D eigenvalue weighted by Gasteiger charge is -2.19. The fourth-order valence-corrected chi connectivity index (χ4v) is 3.75. The molecule has 7 heteroatoms. The molecule has 0 spiro atoms. The third-order valence-corrected chi connectivity index (χ3v) is 5.42. The van der Waals surface area contributed by atoms with Gasteiger partial charge in [-0.3, -0.25) is 4.79 Å². The minimum absolute atomic E-state index is 0.204. The van der Waals surface area contributed by atoms with Gasteiger partial charge in [0, 0.05) is 37.4 Å². The van der Waals surface area contributed by atoms with Gasteiger partial charge < -0.3 is 19.0 Å². The molecule has 3 aromatic heterocycles. The predicted molar refractivity (Wildman–Crippen MR) is 125 cm³/mol. The minimum Gasteiger partial charge on any atom is -0.487 e. The molecule has 33 heavy (non-hydrogen) atoms. The summed E-state index contributed by atoms with van der Waals surface area (Å²) in [6.45, 7) is 0.312. The summed E-state index contributed by atoms with van der Waals surface area (Å²) >= 11 is 0. The Balaban J connectivity index is 1.33. The number of hydrogen-bond donors (Lipinski definition) is 1. The first-order valence-electron chi connectivity index (χ1n) is 10.7. The van der Waals surface area contributed by atoms with Crippen LogP contribution in [0.4, 0.5) is 0 Å². The molecule has 0 fully saturated rings. The monoisotopic (exact) mass is 437 g/mol. The van der Waals surface area contributed by atoms with Gasteiger partial charge in [-0.25, -0.2) is 9.97 Å². The van der Waals surface area contributed by atoms with Crippen molar-refractivity contribution in [1.29, 1.82) is 0 Å². The molecule has 0 saturated heterocycles. The van der Waals surface area contributed by atoms with Crippen LogP contribution in [0.1, 0.15) is 33.5 Å². The van der Waals surface area contributed by atoms with Crippen molar-refractivity contribution in [3.8, 4) is 5.75 Å². The fraction of sp³-hybridized carbons (Fsp3) is 0.115. The summed E-state index contributed by atoms with van der Waals surface area (Å²) in [6, 6.07) is 22.4. The zero-order valence-corrected chi connectivity index (χ0v) is 18.1. The number of carbonyl (C=O) groups excluding carboxylic acids is 1. The molecule has 1 N–H and O–H groups in total. The number of imidazole rings is 2. The average molecular weight is 438 g/mol. The Morgan fingerprint density at radius 2 is 1.88 bits per heavy atom. The summed E-state index contributed by atoms with van der Waals surface area (Å²) in [5.41, 5.74) is 3.15. The lowest BCUT2D eigenvalue weighted by molar-refractivity contribution is 0.0940. The number of carbonyl (C=O) groups is 1. The van der Waals surface area contributed by atoms with E-state index in [9.17, 15) is 4.79 Å². The van der Waals surface area contributed by atoms with Crippen LogP contribution in [0.15, 0.2) is 97.6 Å². The highest BCUT2D eigenvalue weighted by atomic mass is 16.5. The molecule has 7 nitrogen and oxygen atoms in total. The third-order valence-electron chi connectivity index (χ3n) is 5.42. The Labute approximate surface area is 191 Å². The van der Waals surface area contributed by atoms with E-state index in [1.165, 1.54) is 0 Å². The summed E-state index contributed by atoms with van der Waals surface area (Å²) in [4.78, 5) is 22.2. The van der Waals surface area contributed by atoms with E-state index in [0.717, 1.165) is 22.7 Å². The summed E-state index contributed by atoms with van der Waals surface area (Å²) in [7, 11) is 1.91. The Morgan fingerprint density at radius 3 is 2.67 bits per heavy atom. The van der Waals surface area contributed by atoms with Crippen molar-refractivity contribution in [3.05, 3.63) is 120 Å². The Bertz CT molecular complexity index is 1360.